The predicted molar refractivity (Wildman–Crippen MR) is 58.8 cm³/mol. The lowest BCUT2D eigenvalue weighted by molar-refractivity contribution is 0.252. The summed E-state index contributed by atoms with van der Waals surface area (Å²) < 4.78 is 8.05. The number of hydrogen-bond donors (Lipinski definition) is 3. The molecule has 0 spiro atoms. The molecule has 0 aliphatic rings. The SMILES string of the molecule is NNC(=O)Nc1c(Cl)ccc2nsnc12. The second kappa shape index (κ2) is 3.97. The molecule has 1 aromatic heterocycles. The number of nitrogens with zero attached hydrogens (tertiary/aromatic N) is 2. The van der Waals surface area contributed by atoms with Crippen LogP contribution in [0.3, 0.4) is 0 Å². The van der Waals surface area contributed by atoms with Crippen LogP contribution in [0.2, 0.25) is 5.02 Å². The van der Waals surface area contributed by atoms with Crippen molar-refractivity contribution in [3.63, 3.8) is 0 Å². The number of hydrazine groups is 1. The number of rotatable bonds is 1. The molecule has 0 unspecified atom stereocenters. The van der Waals surface area contributed by atoms with Gasteiger partial charge in [-0.25, -0.2) is 10.6 Å². The fourth-order valence-corrected chi connectivity index (χ4v) is 1.84. The van der Waals surface area contributed by atoms with Gasteiger partial charge in [-0.05, 0) is 12.1 Å². The topological polar surface area (TPSA) is 92.9 Å². The van der Waals surface area contributed by atoms with Crippen LogP contribution in [0.25, 0.3) is 11.0 Å². The van der Waals surface area contributed by atoms with Crippen LogP contribution in [0.1, 0.15) is 0 Å². The molecule has 0 aliphatic heterocycles. The van der Waals surface area contributed by atoms with Crippen LogP contribution >= 0.6 is 23.3 Å². The summed E-state index contributed by atoms with van der Waals surface area (Å²) in [6, 6.07) is 2.81. The second-order valence-corrected chi connectivity index (χ2v) is 3.59. The van der Waals surface area contributed by atoms with Gasteiger partial charge in [-0.3, -0.25) is 5.43 Å². The Morgan fingerprint density at radius 2 is 2.27 bits per heavy atom. The summed E-state index contributed by atoms with van der Waals surface area (Å²) in [5.74, 6) is 4.95. The van der Waals surface area contributed by atoms with Crippen LogP contribution in [0.15, 0.2) is 12.1 Å². The van der Waals surface area contributed by atoms with Crippen LogP contribution in [0.4, 0.5) is 10.5 Å². The average Bonchev–Trinajstić information content (AvgIpc) is 2.70. The normalized spacial score (nSPS) is 10.3. The van der Waals surface area contributed by atoms with Gasteiger partial charge in [-0.15, -0.1) is 0 Å². The van der Waals surface area contributed by atoms with Crippen LogP contribution in [0.5, 0.6) is 0 Å². The first-order chi connectivity index (χ1) is 7.22. The Labute approximate surface area is 93.7 Å². The van der Waals surface area contributed by atoms with Crippen molar-refractivity contribution < 1.29 is 4.79 Å². The minimum absolute atomic E-state index is 0.388. The van der Waals surface area contributed by atoms with Gasteiger partial charge in [0.25, 0.3) is 0 Å². The Kier molecular flexibility index (Phi) is 2.67. The molecule has 0 aliphatic carbocycles. The third-order valence-electron chi connectivity index (χ3n) is 1.75. The molecule has 0 saturated heterocycles. The molecule has 4 N–H and O–H groups in total. The molecule has 1 aromatic carbocycles. The summed E-state index contributed by atoms with van der Waals surface area (Å²) in [4.78, 5) is 11.0. The average molecular weight is 244 g/mol. The summed E-state index contributed by atoms with van der Waals surface area (Å²) in [6.07, 6.45) is 0. The van der Waals surface area contributed by atoms with Crippen molar-refractivity contribution in [3.8, 4) is 0 Å². The molecular weight excluding hydrogens is 238 g/mol. The molecule has 2 rings (SSSR count). The van der Waals surface area contributed by atoms with Crippen LogP contribution in [0, 0.1) is 0 Å². The summed E-state index contributed by atoms with van der Waals surface area (Å²) in [6.45, 7) is 0. The Bertz CT molecular complexity index is 513. The lowest BCUT2D eigenvalue weighted by Crippen LogP contribution is -2.34. The van der Waals surface area contributed by atoms with Gasteiger partial charge in [-0.2, -0.15) is 8.75 Å². The summed E-state index contributed by atoms with van der Waals surface area (Å²) >= 11 is 6.96. The highest BCUT2D eigenvalue weighted by Crippen LogP contribution is 2.29. The quantitative estimate of drug-likeness (QED) is 0.400. The van der Waals surface area contributed by atoms with E-state index in [9.17, 15) is 4.79 Å². The van der Waals surface area contributed by atoms with E-state index in [-0.39, 0.29) is 0 Å². The maximum Gasteiger partial charge on any atom is 0.333 e. The van der Waals surface area contributed by atoms with Gasteiger partial charge < -0.3 is 5.32 Å². The summed E-state index contributed by atoms with van der Waals surface area (Å²) in [5.41, 5.74) is 3.58. The number of aromatic nitrogens is 2. The number of carbonyl (C=O) groups is 1. The third kappa shape index (κ3) is 1.84. The minimum atomic E-state index is -0.558. The van der Waals surface area contributed by atoms with Crippen molar-refractivity contribution in [2.45, 2.75) is 0 Å². The van der Waals surface area contributed by atoms with Crippen LogP contribution in [-0.4, -0.2) is 14.8 Å². The fraction of sp³-hybridized carbons (Fsp3) is 0. The zero-order valence-corrected chi connectivity index (χ0v) is 8.89. The highest BCUT2D eigenvalue weighted by atomic mass is 35.5. The van der Waals surface area contributed by atoms with Gasteiger partial charge in [0.2, 0.25) is 0 Å². The number of fused-ring (bicyclic) bond motifs is 1. The Balaban J connectivity index is 2.51. The minimum Gasteiger partial charge on any atom is -0.303 e. The molecule has 1 heterocycles. The fourth-order valence-electron chi connectivity index (χ4n) is 1.10. The van der Waals surface area contributed by atoms with E-state index in [0.717, 1.165) is 11.7 Å². The van der Waals surface area contributed by atoms with Crippen molar-refractivity contribution in [3.05, 3.63) is 17.2 Å². The predicted octanol–water partition coefficient (Wildman–Crippen LogP) is 1.34. The van der Waals surface area contributed by atoms with Crippen molar-refractivity contribution in [1.29, 1.82) is 0 Å². The maximum atomic E-state index is 11.0. The summed E-state index contributed by atoms with van der Waals surface area (Å²) in [7, 11) is 0. The Hall–Kier alpha value is -1.44. The number of urea groups is 1. The van der Waals surface area contributed by atoms with E-state index in [4.69, 9.17) is 17.4 Å². The van der Waals surface area contributed by atoms with E-state index in [1.165, 1.54) is 0 Å². The molecule has 0 saturated carbocycles. The largest absolute Gasteiger partial charge is 0.333 e. The number of amides is 2. The number of halogens is 1. The van der Waals surface area contributed by atoms with Gasteiger partial charge in [-0.1, -0.05) is 11.6 Å². The number of carbonyl (C=O) groups excluding carboxylic acids is 1. The monoisotopic (exact) mass is 243 g/mol. The number of benzene rings is 1. The zero-order valence-electron chi connectivity index (χ0n) is 7.32. The van der Waals surface area contributed by atoms with Gasteiger partial charge >= 0.3 is 6.03 Å². The van der Waals surface area contributed by atoms with Crippen LogP contribution < -0.4 is 16.6 Å². The first kappa shape index (κ1) is 10.1. The highest BCUT2D eigenvalue weighted by Gasteiger charge is 2.11. The molecule has 2 amide bonds. The third-order valence-corrected chi connectivity index (χ3v) is 2.60. The van der Waals surface area contributed by atoms with Gasteiger partial charge in [0.15, 0.2) is 0 Å². The van der Waals surface area contributed by atoms with E-state index >= 15 is 0 Å². The second-order valence-electron chi connectivity index (χ2n) is 2.65. The maximum absolute atomic E-state index is 11.0. The highest BCUT2D eigenvalue weighted by molar-refractivity contribution is 7.00. The molecule has 6 nitrogen and oxygen atoms in total. The van der Waals surface area contributed by atoms with E-state index in [2.05, 4.69) is 14.1 Å². The molecule has 0 atom stereocenters. The van der Waals surface area contributed by atoms with Gasteiger partial charge in [0, 0.05) is 0 Å². The molecular formula is C7H6ClN5OS. The van der Waals surface area contributed by atoms with E-state index in [1.807, 2.05) is 5.43 Å². The molecule has 8 heteroatoms. The van der Waals surface area contributed by atoms with Crippen molar-refractivity contribution in [1.82, 2.24) is 14.2 Å². The Morgan fingerprint density at radius 1 is 1.47 bits per heavy atom. The first-order valence-corrected chi connectivity index (χ1v) is 5.01. The van der Waals surface area contributed by atoms with E-state index in [0.29, 0.717) is 21.7 Å². The number of nitrogens with one attached hydrogen (secondary N) is 2. The van der Waals surface area contributed by atoms with Crippen molar-refractivity contribution in [2.75, 3.05) is 5.32 Å². The standard InChI is InChI=1S/C7H6ClN5OS/c8-3-1-2-4-6(13-15-12-4)5(3)10-7(14)11-9/h1-2H,9H2,(H2,10,11,14). The van der Waals surface area contributed by atoms with E-state index < -0.39 is 6.03 Å². The lowest BCUT2D eigenvalue weighted by atomic mass is 10.2. The number of anilines is 1. The number of hydrogen-bond acceptors (Lipinski definition) is 5. The van der Waals surface area contributed by atoms with E-state index in [1.54, 1.807) is 12.1 Å². The number of nitrogens with two attached hydrogens (primary N) is 1. The molecule has 15 heavy (non-hydrogen) atoms. The Morgan fingerprint density at radius 3 is 3.00 bits per heavy atom. The molecule has 78 valence electrons. The summed E-state index contributed by atoms with van der Waals surface area (Å²) in [5, 5.41) is 2.87. The van der Waals surface area contributed by atoms with Gasteiger partial charge in [0.05, 0.1) is 22.4 Å². The smallest absolute Gasteiger partial charge is 0.303 e. The molecule has 0 fully saturated rings. The first-order valence-electron chi connectivity index (χ1n) is 3.90. The molecule has 0 radical (unpaired) electrons. The lowest BCUT2D eigenvalue weighted by Gasteiger charge is -2.05. The van der Waals surface area contributed by atoms with Crippen molar-refractivity contribution >= 4 is 46.1 Å². The zero-order chi connectivity index (χ0) is 10.8. The molecule has 2 aromatic rings. The van der Waals surface area contributed by atoms with Crippen LogP contribution in [-0.2, 0) is 0 Å². The van der Waals surface area contributed by atoms with Crippen molar-refractivity contribution in [2.24, 2.45) is 5.84 Å². The van der Waals surface area contributed by atoms with Gasteiger partial charge in [0.1, 0.15) is 11.0 Å². The molecule has 0 bridgehead atoms.